The van der Waals surface area contributed by atoms with Crippen molar-refractivity contribution in [2.24, 2.45) is 0 Å². The lowest BCUT2D eigenvalue weighted by molar-refractivity contribution is -0.384. The van der Waals surface area contributed by atoms with Crippen molar-refractivity contribution in [1.29, 1.82) is 0 Å². The summed E-state index contributed by atoms with van der Waals surface area (Å²) in [5, 5.41) is 14.0. The van der Waals surface area contributed by atoms with Crippen molar-refractivity contribution in [3.8, 4) is 0 Å². The molecule has 8 heteroatoms. The molecule has 0 aliphatic carbocycles. The molecular formula is C11H13BrN2O4S. The van der Waals surface area contributed by atoms with Gasteiger partial charge in [0.25, 0.3) is 5.69 Å². The van der Waals surface area contributed by atoms with Crippen molar-refractivity contribution in [2.45, 2.75) is 18.9 Å². The summed E-state index contributed by atoms with van der Waals surface area (Å²) in [7, 11) is -2.93. The molecule has 0 saturated carbocycles. The summed E-state index contributed by atoms with van der Waals surface area (Å²) in [6.07, 6.45) is 0.956. The van der Waals surface area contributed by atoms with Gasteiger partial charge in [-0.2, -0.15) is 0 Å². The summed E-state index contributed by atoms with van der Waals surface area (Å²) in [6.45, 7) is 0. The largest absolute Gasteiger partial charge is 0.377 e. The van der Waals surface area contributed by atoms with E-state index in [9.17, 15) is 18.5 Å². The Kier molecular flexibility index (Phi) is 4.10. The smallest absolute Gasteiger partial charge is 0.292 e. The van der Waals surface area contributed by atoms with Crippen LogP contribution in [-0.2, 0) is 9.84 Å². The fourth-order valence-corrected chi connectivity index (χ4v) is 3.89. The van der Waals surface area contributed by atoms with Crippen LogP contribution in [0.3, 0.4) is 0 Å². The number of sulfone groups is 1. The number of hydrogen-bond acceptors (Lipinski definition) is 5. The van der Waals surface area contributed by atoms with Gasteiger partial charge in [0.05, 0.1) is 16.4 Å². The van der Waals surface area contributed by atoms with Gasteiger partial charge in [0.15, 0.2) is 0 Å². The molecule has 2 rings (SSSR count). The Hall–Kier alpha value is -1.15. The second kappa shape index (κ2) is 5.46. The van der Waals surface area contributed by atoms with Crippen LogP contribution in [0.5, 0.6) is 0 Å². The van der Waals surface area contributed by atoms with E-state index in [0.29, 0.717) is 18.5 Å². The molecule has 1 saturated heterocycles. The number of anilines is 1. The highest BCUT2D eigenvalue weighted by molar-refractivity contribution is 9.10. The molecule has 0 amide bonds. The summed E-state index contributed by atoms with van der Waals surface area (Å²) in [6, 6.07) is 4.62. The molecule has 104 valence electrons. The standard InChI is InChI=1S/C11H13BrN2O4S/c12-8-1-2-11(14(15)16)10(7-8)13-9-3-5-19(17,18)6-4-9/h1-2,7,9,13H,3-6H2. The zero-order chi connectivity index (χ0) is 14.0. The third-order valence-corrected chi connectivity index (χ3v) is 5.28. The predicted molar refractivity (Wildman–Crippen MR) is 76.1 cm³/mol. The molecule has 1 fully saturated rings. The van der Waals surface area contributed by atoms with Crippen LogP contribution in [-0.4, -0.2) is 30.9 Å². The molecule has 0 atom stereocenters. The minimum absolute atomic E-state index is 0.00312. The second-order valence-corrected chi connectivity index (χ2v) is 7.71. The summed E-state index contributed by atoms with van der Waals surface area (Å²) in [4.78, 5) is 10.5. The number of nitro benzene ring substituents is 1. The first-order chi connectivity index (χ1) is 8.87. The first-order valence-electron chi connectivity index (χ1n) is 5.78. The Morgan fingerprint density at radius 1 is 1.32 bits per heavy atom. The number of nitrogens with zero attached hydrogens (tertiary/aromatic N) is 1. The third-order valence-electron chi connectivity index (χ3n) is 3.07. The highest BCUT2D eigenvalue weighted by Gasteiger charge is 2.25. The highest BCUT2D eigenvalue weighted by Crippen LogP contribution is 2.30. The van der Waals surface area contributed by atoms with Crippen molar-refractivity contribution in [3.05, 3.63) is 32.8 Å². The van der Waals surface area contributed by atoms with E-state index in [4.69, 9.17) is 0 Å². The van der Waals surface area contributed by atoms with Crippen LogP contribution in [0.15, 0.2) is 22.7 Å². The van der Waals surface area contributed by atoms with Crippen LogP contribution in [0.1, 0.15) is 12.8 Å². The van der Waals surface area contributed by atoms with Crippen molar-refractivity contribution in [1.82, 2.24) is 0 Å². The van der Waals surface area contributed by atoms with Crippen LogP contribution in [0.4, 0.5) is 11.4 Å². The first kappa shape index (κ1) is 14.3. The summed E-state index contributed by atoms with van der Waals surface area (Å²) >= 11 is 3.27. The molecule has 0 radical (unpaired) electrons. The predicted octanol–water partition coefficient (Wildman–Crippen LogP) is 2.35. The maximum absolute atomic E-state index is 11.3. The molecule has 0 unspecified atom stereocenters. The minimum Gasteiger partial charge on any atom is -0.377 e. The molecule has 0 aromatic heterocycles. The van der Waals surface area contributed by atoms with Crippen LogP contribution in [0, 0.1) is 10.1 Å². The second-order valence-electron chi connectivity index (χ2n) is 4.49. The average molecular weight is 349 g/mol. The zero-order valence-electron chi connectivity index (χ0n) is 10.0. The number of nitrogens with one attached hydrogen (secondary N) is 1. The van der Waals surface area contributed by atoms with Crippen LogP contribution in [0.2, 0.25) is 0 Å². The number of hydrogen-bond donors (Lipinski definition) is 1. The van der Waals surface area contributed by atoms with Crippen molar-refractivity contribution in [2.75, 3.05) is 16.8 Å². The summed E-state index contributed by atoms with van der Waals surface area (Å²) in [5.74, 6) is 0.263. The van der Waals surface area contributed by atoms with Gasteiger partial charge in [0, 0.05) is 16.6 Å². The van der Waals surface area contributed by atoms with Gasteiger partial charge in [-0.15, -0.1) is 0 Å². The van der Waals surface area contributed by atoms with Gasteiger partial charge in [-0.3, -0.25) is 10.1 Å². The molecule has 0 bridgehead atoms. The first-order valence-corrected chi connectivity index (χ1v) is 8.40. The van der Waals surface area contributed by atoms with Gasteiger partial charge in [0.1, 0.15) is 15.5 Å². The quantitative estimate of drug-likeness (QED) is 0.668. The van der Waals surface area contributed by atoms with Gasteiger partial charge < -0.3 is 5.32 Å². The lowest BCUT2D eigenvalue weighted by Gasteiger charge is -2.23. The van der Waals surface area contributed by atoms with Gasteiger partial charge >= 0.3 is 0 Å². The molecule has 1 N–H and O–H groups in total. The molecule has 1 aliphatic heterocycles. The Balaban J connectivity index is 2.15. The number of benzene rings is 1. The maximum Gasteiger partial charge on any atom is 0.292 e. The number of nitro groups is 1. The van der Waals surface area contributed by atoms with E-state index in [-0.39, 0.29) is 23.2 Å². The molecule has 1 aliphatic rings. The maximum atomic E-state index is 11.3. The average Bonchev–Trinajstić information content (AvgIpc) is 2.31. The van der Waals surface area contributed by atoms with E-state index >= 15 is 0 Å². The van der Waals surface area contributed by atoms with E-state index in [0.717, 1.165) is 4.47 Å². The number of halogens is 1. The van der Waals surface area contributed by atoms with E-state index < -0.39 is 14.8 Å². The summed E-state index contributed by atoms with van der Waals surface area (Å²) in [5.41, 5.74) is 0.417. The molecule has 1 heterocycles. The molecule has 1 aromatic rings. The fourth-order valence-electron chi connectivity index (χ4n) is 2.04. The normalized spacial score (nSPS) is 19.0. The van der Waals surface area contributed by atoms with Crippen LogP contribution < -0.4 is 5.32 Å². The van der Waals surface area contributed by atoms with E-state index in [1.807, 2.05) is 0 Å². The summed E-state index contributed by atoms with van der Waals surface area (Å²) < 4.78 is 23.4. The Morgan fingerprint density at radius 3 is 2.53 bits per heavy atom. The topological polar surface area (TPSA) is 89.3 Å². The van der Waals surface area contributed by atoms with Crippen molar-refractivity contribution < 1.29 is 13.3 Å². The lowest BCUT2D eigenvalue weighted by Crippen LogP contribution is -2.32. The van der Waals surface area contributed by atoms with Crippen LogP contribution in [0.25, 0.3) is 0 Å². The van der Waals surface area contributed by atoms with Crippen molar-refractivity contribution in [3.63, 3.8) is 0 Å². The monoisotopic (exact) mass is 348 g/mol. The molecule has 19 heavy (non-hydrogen) atoms. The fraction of sp³-hybridized carbons (Fsp3) is 0.455. The van der Waals surface area contributed by atoms with Crippen molar-refractivity contribution >= 4 is 37.1 Å². The Labute approximate surface area is 119 Å². The minimum atomic E-state index is -2.93. The number of rotatable bonds is 3. The molecule has 1 aromatic carbocycles. The Morgan fingerprint density at radius 2 is 1.95 bits per heavy atom. The zero-order valence-corrected chi connectivity index (χ0v) is 12.4. The van der Waals surface area contributed by atoms with Gasteiger partial charge in [-0.25, -0.2) is 8.42 Å². The lowest BCUT2D eigenvalue weighted by atomic mass is 10.1. The van der Waals surface area contributed by atoms with Gasteiger partial charge in [-0.05, 0) is 25.0 Å². The van der Waals surface area contributed by atoms with E-state index in [1.165, 1.54) is 6.07 Å². The van der Waals surface area contributed by atoms with Crippen LogP contribution >= 0.6 is 15.9 Å². The highest BCUT2D eigenvalue weighted by atomic mass is 79.9. The van der Waals surface area contributed by atoms with E-state index in [2.05, 4.69) is 21.2 Å². The van der Waals surface area contributed by atoms with E-state index in [1.54, 1.807) is 12.1 Å². The third kappa shape index (κ3) is 3.66. The molecular weight excluding hydrogens is 336 g/mol. The van der Waals surface area contributed by atoms with Gasteiger partial charge in [-0.1, -0.05) is 15.9 Å². The molecule has 6 nitrogen and oxygen atoms in total. The van der Waals surface area contributed by atoms with Gasteiger partial charge in [0.2, 0.25) is 0 Å². The SMILES string of the molecule is O=[N+]([O-])c1ccc(Br)cc1NC1CCS(=O)(=O)CC1. The Bertz CT molecular complexity index is 589. The molecule has 0 spiro atoms.